The van der Waals surface area contributed by atoms with Crippen molar-refractivity contribution in [3.05, 3.63) is 95.1 Å². The van der Waals surface area contributed by atoms with Gasteiger partial charge in [-0.15, -0.1) is 6.58 Å². The van der Waals surface area contributed by atoms with Crippen molar-refractivity contribution in [1.82, 2.24) is 0 Å². The molecule has 188 valence electrons. The minimum Gasteiger partial charge on any atom is -0.472 e. The molecule has 0 spiro atoms. The fourth-order valence-electron chi connectivity index (χ4n) is 3.95. The number of rotatable bonds is 18. The van der Waals surface area contributed by atoms with E-state index in [0.717, 1.165) is 57.8 Å². The molecular weight excluding hydrogens is 412 g/mol. The molecule has 0 aliphatic rings. The highest BCUT2D eigenvalue weighted by molar-refractivity contribution is 5.10. The van der Waals surface area contributed by atoms with E-state index in [1.54, 1.807) is 6.26 Å². The molecule has 0 unspecified atom stereocenters. The number of aryl methyl sites for hydroxylation is 1. The summed E-state index contributed by atoms with van der Waals surface area (Å²) in [6.45, 7) is 15.1. The summed E-state index contributed by atoms with van der Waals surface area (Å²) in [6, 6.07) is 2.05. The maximum atomic E-state index is 5.13. The van der Waals surface area contributed by atoms with Crippen LogP contribution in [0.1, 0.15) is 111 Å². The van der Waals surface area contributed by atoms with Crippen LogP contribution in [0.25, 0.3) is 0 Å². The number of hydrogen-bond acceptors (Lipinski definition) is 1. The lowest BCUT2D eigenvalue weighted by Gasteiger charge is -2.04. The van der Waals surface area contributed by atoms with Crippen LogP contribution in [0.2, 0.25) is 0 Å². The average Bonchev–Trinajstić information content (AvgIpc) is 3.31. The highest BCUT2D eigenvalue weighted by Crippen LogP contribution is 2.16. The number of hydrogen-bond donors (Lipinski definition) is 0. The zero-order chi connectivity index (χ0) is 25.0. The Morgan fingerprint density at radius 2 is 1.00 bits per heavy atom. The fraction of sp³-hybridized carbons (Fsp3) is 0.515. The normalized spacial score (nSPS) is 14.1. The third-order valence-corrected chi connectivity index (χ3v) is 6.37. The third kappa shape index (κ3) is 16.4. The third-order valence-electron chi connectivity index (χ3n) is 6.37. The number of furan rings is 1. The maximum absolute atomic E-state index is 5.13. The van der Waals surface area contributed by atoms with Gasteiger partial charge in [0.15, 0.2) is 0 Å². The van der Waals surface area contributed by atoms with Gasteiger partial charge in [0.05, 0.1) is 12.5 Å². The first-order valence-electron chi connectivity index (χ1n) is 13.3. The summed E-state index contributed by atoms with van der Waals surface area (Å²) in [4.78, 5) is 0. The molecule has 0 bridgehead atoms. The van der Waals surface area contributed by atoms with Crippen LogP contribution in [0.4, 0.5) is 0 Å². The first-order chi connectivity index (χ1) is 16.4. The lowest BCUT2D eigenvalue weighted by Crippen LogP contribution is -1.84. The quantitative estimate of drug-likeness (QED) is 0.198. The van der Waals surface area contributed by atoms with Crippen molar-refractivity contribution in [2.24, 2.45) is 0 Å². The van der Waals surface area contributed by atoms with Crippen LogP contribution in [0.3, 0.4) is 0 Å². The highest BCUT2D eigenvalue weighted by atomic mass is 16.3. The Bertz CT molecular complexity index is 824. The Morgan fingerprint density at radius 1 is 0.618 bits per heavy atom. The van der Waals surface area contributed by atoms with Gasteiger partial charge in [0, 0.05) is 0 Å². The van der Waals surface area contributed by atoms with Crippen molar-refractivity contribution in [2.75, 3.05) is 0 Å². The van der Waals surface area contributed by atoms with Gasteiger partial charge in [-0.1, -0.05) is 64.3 Å². The molecule has 1 heterocycles. The summed E-state index contributed by atoms with van der Waals surface area (Å²) >= 11 is 0. The van der Waals surface area contributed by atoms with Gasteiger partial charge in [-0.2, -0.15) is 0 Å². The van der Waals surface area contributed by atoms with Crippen LogP contribution in [0.15, 0.2) is 93.9 Å². The van der Waals surface area contributed by atoms with E-state index in [2.05, 4.69) is 77.6 Å². The molecule has 0 amide bonds. The molecule has 0 saturated heterocycles. The van der Waals surface area contributed by atoms with Crippen LogP contribution in [-0.4, -0.2) is 0 Å². The van der Waals surface area contributed by atoms with Crippen LogP contribution < -0.4 is 0 Å². The van der Waals surface area contributed by atoms with E-state index in [1.165, 1.54) is 52.7 Å². The van der Waals surface area contributed by atoms with Gasteiger partial charge in [-0.3, -0.25) is 0 Å². The Morgan fingerprint density at radius 3 is 1.35 bits per heavy atom. The predicted molar refractivity (Wildman–Crippen MR) is 152 cm³/mol. The van der Waals surface area contributed by atoms with Gasteiger partial charge in [-0.05, 0) is 123 Å². The lowest BCUT2D eigenvalue weighted by atomic mass is 10.0. The fourth-order valence-corrected chi connectivity index (χ4v) is 3.95. The van der Waals surface area contributed by atoms with Crippen LogP contribution in [0, 0.1) is 0 Å². The summed E-state index contributed by atoms with van der Waals surface area (Å²) in [5, 5.41) is 0. The summed E-state index contributed by atoms with van der Waals surface area (Å²) in [5.41, 5.74) is 8.82. The van der Waals surface area contributed by atoms with Crippen LogP contribution in [0.5, 0.6) is 0 Å². The zero-order valence-corrected chi connectivity index (χ0v) is 22.8. The second-order valence-corrected chi connectivity index (χ2v) is 9.90. The summed E-state index contributed by atoms with van der Waals surface area (Å²) in [7, 11) is 0. The largest absolute Gasteiger partial charge is 0.472 e. The molecule has 1 heteroatoms. The summed E-state index contributed by atoms with van der Waals surface area (Å²) in [6.07, 6.45) is 31.4. The first kappa shape index (κ1) is 29.8. The molecule has 34 heavy (non-hydrogen) atoms. The van der Waals surface area contributed by atoms with E-state index in [-0.39, 0.29) is 0 Å². The molecule has 1 aromatic rings. The lowest BCUT2D eigenvalue weighted by molar-refractivity contribution is 0.564. The Balaban J connectivity index is 2.19. The number of allylic oxidation sites excluding steroid dienone is 11. The van der Waals surface area contributed by atoms with E-state index < -0.39 is 0 Å². The van der Waals surface area contributed by atoms with Gasteiger partial charge in [0.1, 0.15) is 0 Å². The smallest absolute Gasteiger partial charge is 0.0934 e. The summed E-state index contributed by atoms with van der Waals surface area (Å²) in [5.74, 6) is 0. The van der Waals surface area contributed by atoms with Crippen LogP contribution >= 0.6 is 0 Å². The average molecular weight is 463 g/mol. The zero-order valence-electron chi connectivity index (χ0n) is 22.8. The molecule has 1 rings (SSSR count). The van der Waals surface area contributed by atoms with Gasteiger partial charge >= 0.3 is 0 Å². The molecule has 0 atom stereocenters. The van der Waals surface area contributed by atoms with Crippen molar-refractivity contribution < 1.29 is 4.42 Å². The van der Waals surface area contributed by atoms with Crippen molar-refractivity contribution in [3.63, 3.8) is 0 Å². The minimum absolute atomic E-state index is 1.07. The van der Waals surface area contributed by atoms with E-state index in [9.17, 15) is 0 Å². The van der Waals surface area contributed by atoms with Crippen molar-refractivity contribution in [3.8, 4) is 0 Å². The van der Waals surface area contributed by atoms with Gasteiger partial charge < -0.3 is 4.42 Å². The molecule has 1 aromatic heterocycles. The van der Waals surface area contributed by atoms with Crippen molar-refractivity contribution >= 4 is 0 Å². The van der Waals surface area contributed by atoms with E-state index in [1.807, 2.05) is 12.3 Å². The second-order valence-electron chi connectivity index (χ2n) is 9.90. The SMILES string of the molecule is C=CCCC(C)=CCCC(C)=CCCC(C)=CCCC(C)=CCCC(C)=CCCc1ccoc1. The van der Waals surface area contributed by atoms with Gasteiger partial charge in [0.25, 0.3) is 0 Å². The maximum Gasteiger partial charge on any atom is 0.0934 e. The molecule has 0 aliphatic carbocycles. The van der Waals surface area contributed by atoms with E-state index in [4.69, 9.17) is 4.42 Å². The van der Waals surface area contributed by atoms with E-state index in [0.29, 0.717) is 0 Å². The van der Waals surface area contributed by atoms with Crippen LogP contribution in [-0.2, 0) is 6.42 Å². The Kier molecular flexibility index (Phi) is 16.7. The van der Waals surface area contributed by atoms with Gasteiger partial charge in [0.2, 0.25) is 0 Å². The Hall–Kier alpha value is -2.28. The minimum atomic E-state index is 1.07. The molecule has 0 saturated carbocycles. The topological polar surface area (TPSA) is 13.1 Å². The second kappa shape index (κ2) is 19.1. The van der Waals surface area contributed by atoms with Gasteiger partial charge in [-0.25, -0.2) is 0 Å². The molecule has 0 radical (unpaired) electrons. The molecular formula is C33H50O. The monoisotopic (exact) mass is 462 g/mol. The van der Waals surface area contributed by atoms with E-state index >= 15 is 0 Å². The standard InChI is InChI=1S/C33H50O/c1-7-8-14-28(2)15-9-16-29(3)17-10-18-30(4)19-11-20-31(5)21-12-22-32(6)23-13-24-33-25-26-34-27-33/h7,15,17,19,21,23,25-27H,1,8-14,16,18,20,22,24H2,2-6H3. The summed E-state index contributed by atoms with van der Waals surface area (Å²) < 4.78 is 5.13. The molecule has 0 N–H and O–H groups in total. The molecule has 1 nitrogen and oxygen atoms in total. The molecule has 0 aliphatic heterocycles. The van der Waals surface area contributed by atoms with Crippen molar-refractivity contribution in [2.45, 2.75) is 112 Å². The molecule has 0 fully saturated rings. The van der Waals surface area contributed by atoms with Crippen molar-refractivity contribution in [1.29, 1.82) is 0 Å². The molecule has 0 aromatic carbocycles. The predicted octanol–water partition coefficient (Wildman–Crippen LogP) is 11.0. The first-order valence-corrected chi connectivity index (χ1v) is 13.3. The highest BCUT2D eigenvalue weighted by Gasteiger charge is 1.96. The Labute approximate surface area is 211 Å².